The summed E-state index contributed by atoms with van der Waals surface area (Å²) >= 11 is 0. The Kier molecular flexibility index (Phi) is 4.42. The highest BCUT2D eigenvalue weighted by Gasteiger charge is 2.27. The maximum Gasteiger partial charge on any atom is 0.146 e. The first kappa shape index (κ1) is 14.3. The lowest BCUT2D eigenvalue weighted by Gasteiger charge is -2.25. The third kappa shape index (κ3) is 3.25. The summed E-state index contributed by atoms with van der Waals surface area (Å²) in [4.78, 5) is 4.38. The minimum absolute atomic E-state index is 0.0489. The van der Waals surface area contributed by atoms with Crippen LogP contribution in [0.15, 0.2) is 18.2 Å². The molecule has 0 radical (unpaired) electrons. The highest BCUT2D eigenvalue weighted by Crippen LogP contribution is 2.29. The number of likely N-dealkylation sites (N-methyl/N-ethyl adjacent to an activating group) is 1. The number of nitrogens with two attached hydrogens (primary N) is 1. The fraction of sp³-hybridized carbons (Fsp3) is 0.600. The lowest BCUT2D eigenvalue weighted by Crippen LogP contribution is -2.32. The van der Waals surface area contributed by atoms with Crippen molar-refractivity contribution >= 4 is 5.69 Å². The van der Waals surface area contributed by atoms with Gasteiger partial charge in [0, 0.05) is 25.2 Å². The number of nitrogens with zero attached hydrogens (tertiary/aromatic N) is 2. The van der Waals surface area contributed by atoms with Crippen molar-refractivity contribution in [1.82, 2.24) is 4.90 Å². The lowest BCUT2D eigenvalue weighted by atomic mass is 10.0. The lowest BCUT2D eigenvalue weighted by molar-refractivity contribution is 0.315. The molecule has 1 saturated heterocycles. The van der Waals surface area contributed by atoms with E-state index < -0.39 is 0 Å². The van der Waals surface area contributed by atoms with Gasteiger partial charge in [-0.2, -0.15) is 0 Å². The van der Waals surface area contributed by atoms with Crippen LogP contribution in [0.3, 0.4) is 0 Å². The predicted molar refractivity (Wildman–Crippen MR) is 78.1 cm³/mol. The summed E-state index contributed by atoms with van der Waals surface area (Å²) in [7, 11) is 4.16. The van der Waals surface area contributed by atoms with Gasteiger partial charge in [-0.3, -0.25) is 0 Å². The third-order valence-corrected chi connectivity index (χ3v) is 3.82. The van der Waals surface area contributed by atoms with Crippen molar-refractivity contribution in [2.75, 3.05) is 32.1 Å². The third-order valence-electron chi connectivity index (χ3n) is 3.82. The second-order valence-corrected chi connectivity index (χ2v) is 5.78. The molecular weight excluding hydrogens is 241 g/mol. The van der Waals surface area contributed by atoms with Crippen LogP contribution in [0.1, 0.15) is 18.9 Å². The smallest absolute Gasteiger partial charge is 0.146 e. The van der Waals surface area contributed by atoms with Gasteiger partial charge in [-0.15, -0.1) is 0 Å². The minimum atomic E-state index is -0.127. The quantitative estimate of drug-likeness (QED) is 0.902. The van der Waals surface area contributed by atoms with E-state index in [4.69, 9.17) is 5.73 Å². The van der Waals surface area contributed by atoms with E-state index in [-0.39, 0.29) is 11.9 Å². The maximum atomic E-state index is 14.2. The van der Waals surface area contributed by atoms with Gasteiger partial charge in [-0.05, 0) is 45.5 Å². The van der Waals surface area contributed by atoms with Gasteiger partial charge in [0.1, 0.15) is 5.82 Å². The van der Waals surface area contributed by atoms with Crippen molar-refractivity contribution < 1.29 is 4.39 Å². The van der Waals surface area contributed by atoms with Gasteiger partial charge in [-0.1, -0.05) is 12.1 Å². The monoisotopic (exact) mass is 265 g/mol. The second kappa shape index (κ2) is 5.88. The van der Waals surface area contributed by atoms with Gasteiger partial charge in [0.2, 0.25) is 0 Å². The Labute approximate surface area is 115 Å². The molecule has 2 unspecified atom stereocenters. The zero-order valence-electron chi connectivity index (χ0n) is 12.1. The number of hydrogen-bond acceptors (Lipinski definition) is 3. The second-order valence-electron chi connectivity index (χ2n) is 5.78. The normalized spacial score (nSPS) is 21.2. The van der Waals surface area contributed by atoms with Crippen LogP contribution < -0.4 is 10.6 Å². The zero-order valence-corrected chi connectivity index (χ0v) is 12.1. The van der Waals surface area contributed by atoms with E-state index in [1.165, 1.54) is 0 Å². The molecule has 3 nitrogen and oxygen atoms in total. The Balaban J connectivity index is 2.24. The summed E-state index contributed by atoms with van der Waals surface area (Å²) in [5.74, 6) is -0.127. The summed E-state index contributed by atoms with van der Waals surface area (Å²) in [5.41, 5.74) is 7.64. The SMILES string of the molecule is CC(N)Cc1cccc(F)c1N1CCC(N(C)C)C1. The predicted octanol–water partition coefficient (Wildman–Crippen LogP) is 1.86. The molecule has 2 rings (SSSR count). The fourth-order valence-corrected chi connectivity index (χ4v) is 2.79. The van der Waals surface area contributed by atoms with Crippen LogP contribution in [-0.2, 0) is 6.42 Å². The van der Waals surface area contributed by atoms with Crippen LogP contribution in [0.2, 0.25) is 0 Å². The molecule has 106 valence electrons. The fourth-order valence-electron chi connectivity index (χ4n) is 2.79. The Morgan fingerprint density at radius 3 is 2.79 bits per heavy atom. The van der Waals surface area contributed by atoms with Crippen LogP contribution in [0.5, 0.6) is 0 Å². The Bertz CT molecular complexity index is 431. The molecule has 1 aromatic rings. The van der Waals surface area contributed by atoms with Gasteiger partial charge in [-0.25, -0.2) is 4.39 Å². The molecule has 1 aliphatic heterocycles. The van der Waals surface area contributed by atoms with E-state index in [1.807, 2.05) is 13.0 Å². The first-order valence-corrected chi connectivity index (χ1v) is 6.93. The Hall–Kier alpha value is -1.13. The van der Waals surface area contributed by atoms with Crippen molar-refractivity contribution in [2.45, 2.75) is 31.8 Å². The van der Waals surface area contributed by atoms with E-state index in [2.05, 4.69) is 23.9 Å². The van der Waals surface area contributed by atoms with Gasteiger partial charge in [0.05, 0.1) is 5.69 Å². The number of hydrogen-bond donors (Lipinski definition) is 1. The summed E-state index contributed by atoms with van der Waals surface area (Å²) < 4.78 is 14.2. The van der Waals surface area contributed by atoms with Crippen LogP contribution in [0.4, 0.5) is 10.1 Å². The van der Waals surface area contributed by atoms with Crippen LogP contribution in [-0.4, -0.2) is 44.2 Å². The maximum absolute atomic E-state index is 14.2. The van der Waals surface area contributed by atoms with Crippen molar-refractivity contribution in [2.24, 2.45) is 5.73 Å². The molecule has 0 saturated carbocycles. The standard InChI is InChI=1S/C15H24FN3/c1-11(17)9-12-5-4-6-14(16)15(12)19-8-7-13(10-19)18(2)3/h4-6,11,13H,7-10,17H2,1-3H3. The number of halogens is 1. The van der Waals surface area contributed by atoms with Crippen LogP contribution >= 0.6 is 0 Å². The van der Waals surface area contributed by atoms with E-state index in [0.717, 1.165) is 37.2 Å². The summed E-state index contributed by atoms with van der Waals surface area (Å²) in [5, 5.41) is 0. The average molecular weight is 265 g/mol. The van der Waals surface area contributed by atoms with Crippen LogP contribution in [0.25, 0.3) is 0 Å². The molecule has 0 aromatic heterocycles. The van der Waals surface area contributed by atoms with Gasteiger partial charge in [0.25, 0.3) is 0 Å². The molecular formula is C15H24FN3. The number of rotatable bonds is 4. The topological polar surface area (TPSA) is 32.5 Å². The summed E-state index contributed by atoms with van der Waals surface area (Å²) in [6.07, 6.45) is 1.80. The molecule has 0 spiro atoms. The molecule has 19 heavy (non-hydrogen) atoms. The van der Waals surface area contributed by atoms with E-state index in [1.54, 1.807) is 12.1 Å². The number of anilines is 1. The van der Waals surface area contributed by atoms with Crippen molar-refractivity contribution in [3.63, 3.8) is 0 Å². The van der Waals surface area contributed by atoms with E-state index >= 15 is 0 Å². The molecule has 1 heterocycles. The van der Waals surface area contributed by atoms with Crippen molar-refractivity contribution in [1.29, 1.82) is 0 Å². The van der Waals surface area contributed by atoms with Crippen LogP contribution in [0, 0.1) is 5.82 Å². The van der Waals surface area contributed by atoms with Gasteiger partial charge < -0.3 is 15.5 Å². The summed E-state index contributed by atoms with van der Waals surface area (Å²) in [6.45, 7) is 3.76. The largest absolute Gasteiger partial charge is 0.367 e. The van der Waals surface area contributed by atoms with Gasteiger partial charge in [0.15, 0.2) is 0 Å². The molecule has 1 aromatic carbocycles. The zero-order chi connectivity index (χ0) is 14.0. The van der Waals surface area contributed by atoms with Crippen molar-refractivity contribution in [3.8, 4) is 0 Å². The van der Waals surface area contributed by atoms with Gasteiger partial charge >= 0.3 is 0 Å². The molecule has 0 aliphatic carbocycles. The van der Waals surface area contributed by atoms with Crippen molar-refractivity contribution in [3.05, 3.63) is 29.6 Å². The molecule has 1 aliphatic rings. The first-order valence-electron chi connectivity index (χ1n) is 6.93. The average Bonchev–Trinajstić information content (AvgIpc) is 2.77. The first-order chi connectivity index (χ1) is 8.99. The highest BCUT2D eigenvalue weighted by molar-refractivity contribution is 5.56. The molecule has 1 fully saturated rings. The van der Waals surface area contributed by atoms with E-state index in [0.29, 0.717) is 6.04 Å². The summed E-state index contributed by atoms with van der Waals surface area (Å²) in [6, 6.07) is 5.86. The molecule has 2 N–H and O–H groups in total. The number of para-hydroxylation sites is 1. The molecule has 2 atom stereocenters. The molecule has 0 bridgehead atoms. The number of benzene rings is 1. The molecule has 4 heteroatoms. The Morgan fingerprint density at radius 2 is 2.21 bits per heavy atom. The van der Waals surface area contributed by atoms with E-state index in [9.17, 15) is 4.39 Å². The Morgan fingerprint density at radius 1 is 1.47 bits per heavy atom. The molecule has 0 amide bonds. The highest BCUT2D eigenvalue weighted by atomic mass is 19.1. The minimum Gasteiger partial charge on any atom is -0.367 e.